The first kappa shape index (κ1) is 14.4. The zero-order valence-corrected chi connectivity index (χ0v) is 12.5. The highest BCUT2D eigenvalue weighted by atomic mass is 32.2. The molecule has 0 aromatic heterocycles. The van der Waals surface area contributed by atoms with Crippen LogP contribution in [0, 0.1) is 5.92 Å². The summed E-state index contributed by atoms with van der Waals surface area (Å²) in [4.78, 5) is 0.639. The van der Waals surface area contributed by atoms with Crippen molar-refractivity contribution in [3.8, 4) is 0 Å². The van der Waals surface area contributed by atoms with Gasteiger partial charge in [0.1, 0.15) is 0 Å². The summed E-state index contributed by atoms with van der Waals surface area (Å²) >= 11 is 4.83. The molecule has 0 amide bonds. The molecule has 0 heterocycles. The van der Waals surface area contributed by atoms with Crippen LogP contribution in [0.3, 0.4) is 0 Å². The molecule has 4 nitrogen and oxygen atoms in total. The third kappa shape index (κ3) is 3.32. The molecule has 19 heavy (non-hydrogen) atoms. The minimum atomic E-state index is -3.48. The van der Waals surface area contributed by atoms with E-state index in [-0.39, 0.29) is 12.5 Å². The molecule has 1 aliphatic carbocycles. The van der Waals surface area contributed by atoms with Gasteiger partial charge in [-0.05, 0) is 42.5 Å². The molecule has 0 saturated heterocycles. The number of thiocarbonyl (C=S) groups is 1. The Balaban J connectivity index is 2.14. The van der Waals surface area contributed by atoms with E-state index in [1.54, 1.807) is 19.1 Å². The predicted molar refractivity (Wildman–Crippen MR) is 79.6 cm³/mol. The Hall–Kier alpha value is -0.980. The molecule has 0 aliphatic heterocycles. The Morgan fingerprint density at radius 2 is 2.11 bits per heavy atom. The maximum absolute atomic E-state index is 12.2. The van der Waals surface area contributed by atoms with Crippen molar-refractivity contribution in [1.29, 1.82) is 0 Å². The Morgan fingerprint density at radius 1 is 1.42 bits per heavy atom. The summed E-state index contributed by atoms with van der Waals surface area (Å²) in [5.74, 6) is -0.154. The highest BCUT2D eigenvalue weighted by Crippen LogP contribution is 2.24. The number of nitrogens with two attached hydrogens (primary N) is 1. The molecule has 6 heteroatoms. The molecule has 1 aromatic carbocycles. The van der Waals surface area contributed by atoms with Gasteiger partial charge in [0.05, 0.1) is 9.88 Å². The molecule has 3 N–H and O–H groups in total. The summed E-state index contributed by atoms with van der Waals surface area (Å²) in [5.41, 5.74) is 7.88. The Kier molecular flexibility index (Phi) is 4.23. The number of fused-ring (bicyclic) bond motifs is 1. The van der Waals surface area contributed by atoms with Crippen LogP contribution < -0.4 is 10.5 Å². The summed E-state index contributed by atoms with van der Waals surface area (Å²) in [7, 11) is -3.48. The third-order valence-electron chi connectivity index (χ3n) is 3.45. The quantitative estimate of drug-likeness (QED) is 0.806. The van der Waals surface area contributed by atoms with Crippen molar-refractivity contribution in [3.63, 3.8) is 0 Å². The van der Waals surface area contributed by atoms with Gasteiger partial charge in [0.15, 0.2) is 0 Å². The first-order valence-corrected chi connectivity index (χ1v) is 8.20. The standard InChI is InChI=1S/C13H18N2O2S2/c1-9(13(14)18)8-15-19(16,17)12-6-5-10-3-2-4-11(10)7-12/h5-7,9,15H,2-4,8H2,1H3,(H2,14,18). The molecule has 0 fully saturated rings. The Morgan fingerprint density at radius 3 is 2.79 bits per heavy atom. The number of sulfonamides is 1. The molecule has 1 aliphatic rings. The Labute approximate surface area is 119 Å². The number of hydrogen-bond acceptors (Lipinski definition) is 3. The van der Waals surface area contributed by atoms with Gasteiger partial charge < -0.3 is 5.73 Å². The molecular formula is C13H18N2O2S2. The monoisotopic (exact) mass is 298 g/mol. The van der Waals surface area contributed by atoms with Crippen LogP contribution in [0.2, 0.25) is 0 Å². The van der Waals surface area contributed by atoms with Gasteiger partial charge in [-0.1, -0.05) is 25.2 Å². The fourth-order valence-corrected chi connectivity index (χ4v) is 3.40. The van der Waals surface area contributed by atoms with E-state index < -0.39 is 10.0 Å². The topological polar surface area (TPSA) is 72.2 Å². The van der Waals surface area contributed by atoms with E-state index in [0.29, 0.717) is 9.88 Å². The molecule has 2 rings (SSSR count). The van der Waals surface area contributed by atoms with Crippen LogP contribution in [0.5, 0.6) is 0 Å². The zero-order valence-electron chi connectivity index (χ0n) is 10.8. The van der Waals surface area contributed by atoms with Crippen molar-refractivity contribution in [2.45, 2.75) is 31.1 Å². The van der Waals surface area contributed by atoms with Crippen LogP contribution in [0.25, 0.3) is 0 Å². The van der Waals surface area contributed by atoms with Gasteiger partial charge in [-0.25, -0.2) is 13.1 Å². The number of aryl methyl sites for hydroxylation is 2. The van der Waals surface area contributed by atoms with Crippen LogP contribution in [0.4, 0.5) is 0 Å². The second kappa shape index (κ2) is 5.56. The van der Waals surface area contributed by atoms with Crippen LogP contribution in [-0.4, -0.2) is 20.0 Å². The van der Waals surface area contributed by atoms with Crippen LogP contribution in [0.1, 0.15) is 24.5 Å². The number of rotatable bonds is 5. The first-order valence-electron chi connectivity index (χ1n) is 6.31. The van der Waals surface area contributed by atoms with E-state index >= 15 is 0 Å². The summed E-state index contributed by atoms with van der Waals surface area (Å²) in [6.45, 7) is 2.03. The molecule has 1 aromatic rings. The minimum absolute atomic E-state index is 0.154. The zero-order chi connectivity index (χ0) is 14.0. The van der Waals surface area contributed by atoms with Gasteiger partial charge in [-0.3, -0.25) is 0 Å². The molecule has 0 spiro atoms. The summed E-state index contributed by atoms with van der Waals surface area (Å²) < 4.78 is 26.9. The lowest BCUT2D eigenvalue weighted by Gasteiger charge is -2.12. The smallest absolute Gasteiger partial charge is 0.240 e. The molecule has 1 unspecified atom stereocenters. The van der Waals surface area contributed by atoms with Crippen LogP contribution in [0.15, 0.2) is 23.1 Å². The molecular weight excluding hydrogens is 280 g/mol. The predicted octanol–water partition coefficient (Wildman–Crippen LogP) is 1.38. The van der Waals surface area contributed by atoms with Gasteiger partial charge >= 0.3 is 0 Å². The second-order valence-electron chi connectivity index (χ2n) is 4.94. The molecule has 1 atom stereocenters. The lowest BCUT2D eigenvalue weighted by Crippen LogP contribution is -2.33. The van der Waals surface area contributed by atoms with Gasteiger partial charge in [0.2, 0.25) is 10.0 Å². The Bertz CT molecular complexity index is 597. The van der Waals surface area contributed by atoms with Crippen molar-refractivity contribution in [3.05, 3.63) is 29.3 Å². The first-order chi connectivity index (χ1) is 8.90. The van der Waals surface area contributed by atoms with E-state index in [4.69, 9.17) is 18.0 Å². The third-order valence-corrected chi connectivity index (χ3v) is 5.27. The van der Waals surface area contributed by atoms with E-state index in [0.717, 1.165) is 24.8 Å². The molecule has 0 saturated carbocycles. The molecule has 0 bridgehead atoms. The fourth-order valence-electron chi connectivity index (χ4n) is 2.13. The SMILES string of the molecule is CC(CNS(=O)(=O)c1ccc2c(c1)CCC2)C(N)=S. The van der Waals surface area contributed by atoms with Gasteiger partial charge in [-0.2, -0.15) is 0 Å². The fraction of sp³-hybridized carbons (Fsp3) is 0.462. The molecule has 104 valence electrons. The van der Waals surface area contributed by atoms with Crippen LogP contribution in [-0.2, 0) is 22.9 Å². The normalized spacial score (nSPS) is 16.1. The van der Waals surface area contributed by atoms with Crippen molar-refractivity contribution >= 4 is 27.2 Å². The largest absolute Gasteiger partial charge is 0.393 e. The highest BCUT2D eigenvalue weighted by molar-refractivity contribution is 7.89. The highest BCUT2D eigenvalue weighted by Gasteiger charge is 2.19. The van der Waals surface area contributed by atoms with E-state index in [1.165, 1.54) is 5.56 Å². The minimum Gasteiger partial charge on any atom is -0.393 e. The van der Waals surface area contributed by atoms with E-state index in [1.807, 2.05) is 6.07 Å². The lowest BCUT2D eigenvalue weighted by molar-refractivity contribution is 0.575. The van der Waals surface area contributed by atoms with Gasteiger partial charge in [0, 0.05) is 12.5 Å². The van der Waals surface area contributed by atoms with Crippen LogP contribution >= 0.6 is 12.2 Å². The van der Waals surface area contributed by atoms with Crippen molar-refractivity contribution in [1.82, 2.24) is 4.72 Å². The summed E-state index contributed by atoms with van der Waals surface area (Å²) in [6, 6.07) is 5.35. The van der Waals surface area contributed by atoms with Crippen molar-refractivity contribution < 1.29 is 8.42 Å². The summed E-state index contributed by atoms with van der Waals surface area (Å²) in [6.07, 6.45) is 3.11. The van der Waals surface area contributed by atoms with Gasteiger partial charge in [0.25, 0.3) is 0 Å². The van der Waals surface area contributed by atoms with Gasteiger partial charge in [-0.15, -0.1) is 0 Å². The van der Waals surface area contributed by atoms with Crippen molar-refractivity contribution in [2.75, 3.05) is 6.54 Å². The number of nitrogens with one attached hydrogen (secondary N) is 1. The average molecular weight is 298 g/mol. The average Bonchev–Trinajstić information content (AvgIpc) is 2.82. The maximum Gasteiger partial charge on any atom is 0.240 e. The van der Waals surface area contributed by atoms with E-state index in [9.17, 15) is 8.42 Å². The number of benzene rings is 1. The molecule has 0 radical (unpaired) electrons. The second-order valence-corrected chi connectivity index (χ2v) is 7.18. The summed E-state index contributed by atoms with van der Waals surface area (Å²) in [5, 5.41) is 0. The van der Waals surface area contributed by atoms with E-state index in [2.05, 4.69) is 4.72 Å². The maximum atomic E-state index is 12.2. The lowest BCUT2D eigenvalue weighted by atomic mass is 10.1. The van der Waals surface area contributed by atoms with Crippen molar-refractivity contribution in [2.24, 2.45) is 11.7 Å². The number of hydrogen-bond donors (Lipinski definition) is 2.